The third-order valence-electron chi connectivity index (χ3n) is 4.56. The summed E-state index contributed by atoms with van der Waals surface area (Å²) < 4.78 is 5.45. The molecule has 2 aromatic rings. The van der Waals surface area contributed by atoms with Crippen LogP contribution in [-0.2, 0) is 9.59 Å². The van der Waals surface area contributed by atoms with E-state index in [1.807, 2.05) is 6.92 Å². The van der Waals surface area contributed by atoms with Crippen molar-refractivity contribution >= 4 is 52.1 Å². The van der Waals surface area contributed by atoms with Gasteiger partial charge in [0.15, 0.2) is 5.11 Å². The maximum absolute atomic E-state index is 13.2. The molecular weight excluding hydrogens is 422 g/mol. The molecule has 0 radical (unpaired) electrons. The quantitative estimate of drug-likeness (QED) is 0.488. The zero-order chi connectivity index (χ0) is 21.7. The summed E-state index contributed by atoms with van der Waals surface area (Å²) >= 11 is 11.4. The van der Waals surface area contributed by atoms with E-state index in [1.165, 1.54) is 4.90 Å². The lowest BCUT2D eigenvalue weighted by Crippen LogP contribution is -2.37. The molecule has 1 N–H and O–H groups in total. The highest BCUT2D eigenvalue weighted by Gasteiger charge is 2.43. The lowest BCUT2D eigenvalue weighted by Gasteiger charge is -2.22. The van der Waals surface area contributed by atoms with E-state index in [9.17, 15) is 9.59 Å². The van der Waals surface area contributed by atoms with E-state index in [0.717, 1.165) is 0 Å². The van der Waals surface area contributed by atoms with Crippen molar-refractivity contribution in [2.75, 3.05) is 23.4 Å². The first-order valence-corrected chi connectivity index (χ1v) is 10.3. The Morgan fingerprint density at radius 1 is 1.23 bits per heavy atom. The number of halogens is 1. The summed E-state index contributed by atoms with van der Waals surface area (Å²) in [6.45, 7) is 6.56. The van der Waals surface area contributed by atoms with Crippen LogP contribution in [0.2, 0.25) is 5.02 Å². The summed E-state index contributed by atoms with van der Waals surface area (Å²) in [6, 6.07) is 13.2. The van der Waals surface area contributed by atoms with Gasteiger partial charge in [0.1, 0.15) is 11.8 Å². The van der Waals surface area contributed by atoms with Crippen LogP contribution in [-0.4, -0.2) is 41.0 Å². The lowest BCUT2D eigenvalue weighted by atomic mass is 10.1. The summed E-state index contributed by atoms with van der Waals surface area (Å²) in [5, 5.41) is 3.71. The standard InChI is InChI=1S/C22H22ClN3O3S/c1-3-13-25-19(14-20(27)24-16-7-5-15(23)6-8-16)21(28)26(22(25)30)17-9-11-18(12-10-17)29-4-2/h3,5-12,19H,1,4,13-14H2,2H3,(H,24,27)/t19-/m0/s1. The SMILES string of the molecule is C=CCN1C(=S)N(c2ccc(OCC)cc2)C(=O)[C@@H]1CC(=O)Nc1ccc(Cl)cc1. The van der Waals surface area contributed by atoms with Gasteiger partial charge in [0, 0.05) is 17.3 Å². The first kappa shape index (κ1) is 21.8. The zero-order valence-corrected chi connectivity index (χ0v) is 18.1. The Hall–Kier alpha value is -2.90. The highest BCUT2D eigenvalue weighted by atomic mass is 35.5. The van der Waals surface area contributed by atoms with Crippen LogP contribution in [0.15, 0.2) is 61.2 Å². The van der Waals surface area contributed by atoms with Gasteiger partial charge in [0.25, 0.3) is 5.91 Å². The fraction of sp³-hybridized carbons (Fsp3) is 0.227. The minimum atomic E-state index is -0.714. The summed E-state index contributed by atoms with van der Waals surface area (Å²) in [7, 11) is 0. The van der Waals surface area contributed by atoms with Crippen molar-refractivity contribution in [3.63, 3.8) is 0 Å². The van der Waals surface area contributed by atoms with Gasteiger partial charge < -0.3 is 15.0 Å². The van der Waals surface area contributed by atoms with Crippen LogP contribution in [0, 0.1) is 0 Å². The maximum Gasteiger partial charge on any atom is 0.256 e. The van der Waals surface area contributed by atoms with Crippen LogP contribution in [0.4, 0.5) is 11.4 Å². The number of benzene rings is 2. The number of rotatable bonds is 8. The molecule has 0 spiro atoms. The fourth-order valence-corrected chi connectivity index (χ4v) is 3.72. The molecule has 0 aliphatic carbocycles. The number of amides is 2. The molecule has 8 heteroatoms. The second-order valence-electron chi connectivity index (χ2n) is 6.60. The van der Waals surface area contributed by atoms with Crippen molar-refractivity contribution in [3.05, 3.63) is 66.2 Å². The smallest absolute Gasteiger partial charge is 0.256 e. The van der Waals surface area contributed by atoms with Crippen LogP contribution in [0.3, 0.4) is 0 Å². The van der Waals surface area contributed by atoms with E-state index < -0.39 is 6.04 Å². The number of nitrogens with one attached hydrogen (secondary N) is 1. The predicted octanol–water partition coefficient (Wildman–Crippen LogP) is 4.26. The lowest BCUT2D eigenvalue weighted by molar-refractivity contribution is -0.124. The monoisotopic (exact) mass is 443 g/mol. The van der Waals surface area contributed by atoms with Crippen molar-refractivity contribution in [2.45, 2.75) is 19.4 Å². The molecule has 2 aromatic carbocycles. The van der Waals surface area contributed by atoms with Gasteiger partial charge in [0.2, 0.25) is 5.91 Å². The number of thiocarbonyl (C=S) groups is 1. The molecule has 1 aliphatic rings. The number of hydrogen-bond donors (Lipinski definition) is 1. The molecule has 1 aliphatic heterocycles. The summed E-state index contributed by atoms with van der Waals surface area (Å²) in [5.41, 5.74) is 1.24. The third-order valence-corrected chi connectivity index (χ3v) is 5.23. The topological polar surface area (TPSA) is 61.9 Å². The number of anilines is 2. The first-order chi connectivity index (χ1) is 14.4. The minimum absolute atomic E-state index is 0.0387. The predicted molar refractivity (Wildman–Crippen MR) is 123 cm³/mol. The molecule has 156 valence electrons. The number of ether oxygens (including phenoxy) is 1. The minimum Gasteiger partial charge on any atom is -0.494 e. The number of nitrogens with zero attached hydrogens (tertiary/aromatic N) is 2. The van der Waals surface area contributed by atoms with Gasteiger partial charge in [-0.15, -0.1) is 6.58 Å². The number of carbonyl (C=O) groups is 2. The van der Waals surface area contributed by atoms with Crippen molar-refractivity contribution in [1.29, 1.82) is 0 Å². The second kappa shape index (κ2) is 9.73. The van der Waals surface area contributed by atoms with Gasteiger partial charge in [-0.25, -0.2) is 0 Å². The third kappa shape index (κ3) is 4.80. The van der Waals surface area contributed by atoms with Crippen LogP contribution < -0.4 is 15.0 Å². The van der Waals surface area contributed by atoms with Gasteiger partial charge in [-0.3, -0.25) is 14.5 Å². The van der Waals surface area contributed by atoms with E-state index in [0.29, 0.717) is 40.4 Å². The van der Waals surface area contributed by atoms with E-state index in [-0.39, 0.29) is 18.2 Å². The summed E-state index contributed by atoms with van der Waals surface area (Å²) in [5.74, 6) is 0.166. The molecule has 1 fully saturated rings. The molecule has 30 heavy (non-hydrogen) atoms. The van der Waals surface area contributed by atoms with Crippen molar-refractivity contribution in [2.24, 2.45) is 0 Å². The Balaban J connectivity index is 1.77. The average molecular weight is 444 g/mol. The van der Waals surface area contributed by atoms with Crippen LogP contribution in [0.1, 0.15) is 13.3 Å². The normalized spacial score (nSPS) is 16.0. The highest BCUT2D eigenvalue weighted by Crippen LogP contribution is 2.29. The van der Waals surface area contributed by atoms with Gasteiger partial charge in [-0.2, -0.15) is 0 Å². The Bertz CT molecular complexity index is 947. The van der Waals surface area contributed by atoms with Crippen LogP contribution in [0.25, 0.3) is 0 Å². The van der Waals surface area contributed by atoms with Gasteiger partial charge >= 0.3 is 0 Å². The zero-order valence-electron chi connectivity index (χ0n) is 16.5. The van der Waals surface area contributed by atoms with Gasteiger partial charge in [-0.1, -0.05) is 17.7 Å². The van der Waals surface area contributed by atoms with Crippen molar-refractivity contribution < 1.29 is 14.3 Å². The van der Waals surface area contributed by atoms with Crippen LogP contribution in [0.5, 0.6) is 5.75 Å². The number of hydrogen-bond acceptors (Lipinski definition) is 4. The number of carbonyl (C=O) groups excluding carboxylic acids is 2. The maximum atomic E-state index is 13.2. The van der Waals surface area contributed by atoms with Gasteiger partial charge in [-0.05, 0) is 67.7 Å². The van der Waals surface area contributed by atoms with E-state index in [2.05, 4.69) is 11.9 Å². The van der Waals surface area contributed by atoms with E-state index in [1.54, 1.807) is 59.5 Å². The molecule has 6 nitrogen and oxygen atoms in total. The van der Waals surface area contributed by atoms with Crippen LogP contribution >= 0.6 is 23.8 Å². The summed E-state index contributed by atoms with van der Waals surface area (Å²) in [4.78, 5) is 28.9. The Morgan fingerprint density at radius 2 is 1.90 bits per heavy atom. The fourth-order valence-electron chi connectivity index (χ4n) is 3.20. The van der Waals surface area contributed by atoms with Crippen molar-refractivity contribution in [3.8, 4) is 5.75 Å². The Morgan fingerprint density at radius 3 is 2.50 bits per heavy atom. The molecule has 3 rings (SSSR count). The molecule has 1 atom stereocenters. The second-order valence-corrected chi connectivity index (χ2v) is 7.40. The molecule has 1 saturated heterocycles. The molecule has 0 saturated carbocycles. The van der Waals surface area contributed by atoms with Gasteiger partial charge in [0.05, 0.1) is 18.7 Å². The van der Waals surface area contributed by atoms with E-state index in [4.69, 9.17) is 28.6 Å². The largest absolute Gasteiger partial charge is 0.494 e. The molecule has 0 aromatic heterocycles. The molecular formula is C22H22ClN3O3S. The molecule has 2 amide bonds. The first-order valence-electron chi connectivity index (χ1n) is 9.48. The molecule has 0 bridgehead atoms. The highest BCUT2D eigenvalue weighted by molar-refractivity contribution is 7.80. The summed E-state index contributed by atoms with van der Waals surface area (Å²) in [6.07, 6.45) is 1.62. The molecule has 0 unspecified atom stereocenters. The Labute approximate surface area is 186 Å². The average Bonchev–Trinajstić information content (AvgIpc) is 2.95. The molecule has 1 heterocycles. The van der Waals surface area contributed by atoms with E-state index >= 15 is 0 Å². The Kier molecular flexibility index (Phi) is 7.07. The van der Waals surface area contributed by atoms with Crippen molar-refractivity contribution in [1.82, 2.24) is 4.90 Å².